The van der Waals surface area contributed by atoms with Crippen LogP contribution in [0.5, 0.6) is 5.75 Å². The highest BCUT2D eigenvalue weighted by Gasteiger charge is 2.15. The quantitative estimate of drug-likeness (QED) is 0.463. The number of furan rings is 1. The molecule has 7 heteroatoms. The molecule has 0 aliphatic heterocycles. The molecule has 106 valence electrons. The van der Waals surface area contributed by atoms with E-state index in [0.717, 1.165) is 9.53 Å². The Morgan fingerprint density at radius 2 is 2.20 bits per heavy atom. The number of hydrogen-bond donors (Lipinski definition) is 1. The molecule has 6 nitrogen and oxygen atoms in total. The van der Waals surface area contributed by atoms with Gasteiger partial charge >= 0.3 is 0 Å². The summed E-state index contributed by atoms with van der Waals surface area (Å²) in [4.78, 5) is 10.6. The number of hydrogen-bond acceptors (Lipinski definition) is 5. The fourth-order valence-corrected chi connectivity index (χ4v) is 2.16. The van der Waals surface area contributed by atoms with E-state index in [1.807, 2.05) is 19.1 Å². The molecule has 0 fully saturated rings. The summed E-state index contributed by atoms with van der Waals surface area (Å²) in [5.41, 5.74) is 0.419. The lowest BCUT2D eigenvalue weighted by molar-refractivity contribution is -0.384. The zero-order valence-corrected chi connectivity index (χ0v) is 12.9. The van der Waals surface area contributed by atoms with E-state index in [4.69, 9.17) is 9.15 Å². The average molecular weight is 388 g/mol. The summed E-state index contributed by atoms with van der Waals surface area (Å²) >= 11 is 2.07. The number of ether oxygens (including phenoxy) is 1. The Hall–Kier alpha value is -1.77. The van der Waals surface area contributed by atoms with E-state index in [1.54, 1.807) is 12.1 Å². The minimum atomic E-state index is -0.434. The first kappa shape index (κ1) is 14.6. The molecule has 1 aromatic heterocycles. The highest BCUT2D eigenvalue weighted by Crippen LogP contribution is 2.29. The first-order chi connectivity index (χ1) is 9.60. The third-order valence-corrected chi connectivity index (χ3v) is 3.14. The van der Waals surface area contributed by atoms with Crippen molar-refractivity contribution in [2.24, 2.45) is 0 Å². The van der Waals surface area contributed by atoms with E-state index < -0.39 is 4.92 Å². The van der Waals surface area contributed by atoms with E-state index >= 15 is 0 Å². The Labute approximate surface area is 129 Å². The van der Waals surface area contributed by atoms with Crippen LogP contribution in [-0.4, -0.2) is 11.5 Å². The van der Waals surface area contributed by atoms with Gasteiger partial charge in [0.05, 0.1) is 24.1 Å². The molecule has 1 heterocycles. The van der Waals surface area contributed by atoms with Crippen LogP contribution in [0.25, 0.3) is 0 Å². The van der Waals surface area contributed by atoms with Gasteiger partial charge in [-0.3, -0.25) is 10.1 Å². The van der Waals surface area contributed by atoms with E-state index in [2.05, 4.69) is 27.9 Å². The highest BCUT2D eigenvalue weighted by molar-refractivity contribution is 14.1. The monoisotopic (exact) mass is 388 g/mol. The van der Waals surface area contributed by atoms with Gasteiger partial charge in [-0.05, 0) is 53.8 Å². The van der Waals surface area contributed by atoms with Crippen LogP contribution in [0.4, 0.5) is 11.4 Å². The van der Waals surface area contributed by atoms with Gasteiger partial charge < -0.3 is 14.5 Å². The summed E-state index contributed by atoms with van der Waals surface area (Å²) in [7, 11) is 0. The summed E-state index contributed by atoms with van der Waals surface area (Å²) in [5, 5.41) is 14.1. The van der Waals surface area contributed by atoms with E-state index in [9.17, 15) is 10.1 Å². The second-order valence-electron chi connectivity index (χ2n) is 3.93. The van der Waals surface area contributed by atoms with Gasteiger partial charge in [-0.25, -0.2) is 0 Å². The minimum Gasteiger partial charge on any atom is -0.494 e. The number of nitro groups is 1. The molecular weight excluding hydrogens is 375 g/mol. The molecule has 0 bridgehead atoms. The number of benzene rings is 1. The van der Waals surface area contributed by atoms with Gasteiger partial charge in [-0.2, -0.15) is 0 Å². The molecule has 2 rings (SSSR count). The van der Waals surface area contributed by atoms with Crippen LogP contribution in [0.2, 0.25) is 0 Å². The maximum Gasteiger partial charge on any atom is 0.296 e. The van der Waals surface area contributed by atoms with Crippen LogP contribution in [0.15, 0.2) is 34.7 Å². The number of nitro benzene ring substituents is 1. The third kappa shape index (κ3) is 3.62. The molecule has 1 aromatic carbocycles. The van der Waals surface area contributed by atoms with Crippen molar-refractivity contribution < 1.29 is 14.1 Å². The molecule has 0 saturated carbocycles. The fraction of sp³-hybridized carbons (Fsp3) is 0.231. The van der Waals surface area contributed by atoms with Crippen molar-refractivity contribution in [1.82, 2.24) is 0 Å². The smallest absolute Gasteiger partial charge is 0.296 e. The summed E-state index contributed by atoms with van der Waals surface area (Å²) in [6.07, 6.45) is 0. The van der Waals surface area contributed by atoms with Gasteiger partial charge in [0.2, 0.25) is 0 Å². The van der Waals surface area contributed by atoms with Gasteiger partial charge in [-0.15, -0.1) is 0 Å². The summed E-state index contributed by atoms with van der Waals surface area (Å²) in [5.74, 6) is 1.20. The first-order valence-electron chi connectivity index (χ1n) is 5.99. The molecule has 1 N–H and O–H groups in total. The average Bonchev–Trinajstić information content (AvgIpc) is 2.83. The zero-order chi connectivity index (χ0) is 14.5. The normalized spacial score (nSPS) is 10.3. The van der Waals surface area contributed by atoms with Crippen molar-refractivity contribution in [3.8, 4) is 5.75 Å². The Morgan fingerprint density at radius 1 is 1.40 bits per heavy atom. The predicted octanol–water partition coefficient (Wildman–Crippen LogP) is 3.80. The summed E-state index contributed by atoms with van der Waals surface area (Å²) in [6.45, 7) is 2.68. The molecule has 0 atom stereocenters. The number of anilines is 1. The van der Waals surface area contributed by atoms with Gasteiger partial charge in [-0.1, -0.05) is 0 Å². The van der Waals surface area contributed by atoms with Gasteiger partial charge in [0.1, 0.15) is 17.2 Å². The van der Waals surface area contributed by atoms with Gasteiger partial charge in [0, 0.05) is 0 Å². The lowest BCUT2D eigenvalue weighted by Gasteiger charge is -2.08. The topological polar surface area (TPSA) is 77.5 Å². The van der Waals surface area contributed by atoms with Crippen LogP contribution in [0.1, 0.15) is 12.7 Å². The first-order valence-corrected chi connectivity index (χ1v) is 7.07. The molecule has 0 spiro atoms. The maximum absolute atomic E-state index is 11.1. The number of rotatable bonds is 6. The fourth-order valence-electron chi connectivity index (χ4n) is 1.70. The largest absolute Gasteiger partial charge is 0.494 e. The molecule has 0 unspecified atom stereocenters. The standard InChI is InChI=1S/C13H13IN2O4/c1-2-19-9-3-5-11(12(7-9)16(17)18)15-8-10-4-6-13(14)20-10/h3-7,15H,2,8H2,1H3. The van der Waals surface area contributed by atoms with E-state index in [0.29, 0.717) is 24.6 Å². The van der Waals surface area contributed by atoms with Crippen molar-refractivity contribution in [2.45, 2.75) is 13.5 Å². The van der Waals surface area contributed by atoms with Crippen LogP contribution in [0.3, 0.4) is 0 Å². The van der Waals surface area contributed by atoms with Crippen LogP contribution < -0.4 is 10.1 Å². The minimum absolute atomic E-state index is 0.0165. The lowest BCUT2D eigenvalue weighted by atomic mass is 10.2. The van der Waals surface area contributed by atoms with Gasteiger partial charge in [0.15, 0.2) is 3.77 Å². The highest BCUT2D eigenvalue weighted by atomic mass is 127. The summed E-state index contributed by atoms with van der Waals surface area (Å²) in [6, 6.07) is 8.42. The Bertz CT molecular complexity index is 612. The number of halogens is 1. The van der Waals surface area contributed by atoms with Crippen molar-refractivity contribution in [1.29, 1.82) is 0 Å². The van der Waals surface area contributed by atoms with Crippen molar-refractivity contribution in [2.75, 3.05) is 11.9 Å². The van der Waals surface area contributed by atoms with Crippen LogP contribution >= 0.6 is 22.6 Å². The molecule has 0 amide bonds. The lowest BCUT2D eigenvalue weighted by Crippen LogP contribution is -2.02. The van der Waals surface area contributed by atoms with Crippen LogP contribution in [-0.2, 0) is 6.54 Å². The van der Waals surface area contributed by atoms with Crippen molar-refractivity contribution in [3.05, 3.63) is 50.0 Å². The van der Waals surface area contributed by atoms with Crippen molar-refractivity contribution in [3.63, 3.8) is 0 Å². The number of nitrogens with one attached hydrogen (secondary N) is 1. The zero-order valence-electron chi connectivity index (χ0n) is 10.8. The molecule has 0 aliphatic rings. The van der Waals surface area contributed by atoms with Gasteiger partial charge in [0.25, 0.3) is 5.69 Å². The molecule has 2 aromatic rings. The molecular formula is C13H13IN2O4. The molecule has 0 aliphatic carbocycles. The van der Waals surface area contributed by atoms with Crippen molar-refractivity contribution >= 4 is 34.0 Å². The maximum atomic E-state index is 11.1. The predicted molar refractivity (Wildman–Crippen MR) is 83.0 cm³/mol. The van der Waals surface area contributed by atoms with E-state index in [1.165, 1.54) is 6.07 Å². The Morgan fingerprint density at radius 3 is 2.80 bits per heavy atom. The molecule has 20 heavy (non-hydrogen) atoms. The number of nitrogens with zero attached hydrogens (tertiary/aromatic N) is 1. The molecule has 0 radical (unpaired) electrons. The van der Waals surface area contributed by atoms with Crippen LogP contribution in [0, 0.1) is 13.9 Å². The second-order valence-corrected chi connectivity index (χ2v) is 4.99. The third-order valence-electron chi connectivity index (χ3n) is 2.56. The molecule has 0 saturated heterocycles. The Balaban J connectivity index is 2.15. The Kier molecular flexibility index (Phi) is 4.83. The SMILES string of the molecule is CCOc1ccc(NCc2ccc(I)o2)c([N+](=O)[O-])c1. The van der Waals surface area contributed by atoms with E-state index in [-0.39, 0.29) is 5.69 Å². The second kappa shape index (κ2) is 6.60. The summed E-state index contributed by atoms with van der Waals surface area (Å²) < 4.78 is 11.4.